The van der Waals surface area contributed by atoms with E-state index in [0.717, 1.165) is 27.5 Å². The molecule has 0 atom stereocenters. The molecule has 0 aliphatic carbocycles. The summed E-state index contributed by atoms with van der Waals surface area (Å²) in [6.07, 6.45) is 0. The Bertz CT molecular complexity index is 2790. The summed E-state index contributed by atoms with van der Waals surface area (Å²) in [7, 11) is 0. The molecule has 0 bridgehead atoms. The molecule has 0 amide bonds. The highest BCUT2D eigenvalue weighted by Gasteiger charge is 2.20. The largest absolute Gasteiger partial charge is 0.456 e. The Labute approximate surface area is 284 Å². The topological polar surface area (TPSA) is 13.1 Å². The van der Waals surface area contributed by atoms with E-state index in [-0.39, 0.29) is 0 Å². The van der Waals surface area contributed by atoms with Crippen LogP contribution >= 0.6 is 0 Å². The molecule has 0 N–H and O–H groups in total. The summed E-state index contributed by atoms with van der Waals surface area (Å²) >= 11 is 0. The minimum Gasteiger partial charge on any atom is -0.456 e. The fourth-order valence-electron chi connectivity index (χ4n) is 7.87. The Morgan fingerprint density at radius 1 is 0.286 bits per heavy atom. The molecule has 0 aliphatic heterocycles. The summed E-state index contributed by atoms with van der Waals surface area (Å²) in [5.41, 5.74) is 11.5. The van der Waals surface area contributed by atoms with E-state index in [1.807, 2.05) is 0 Å². The molecule has 0 unspecified atom stereocenters. The molecule has 228 valence electrons. The van der Waals surface area contributed by atoms with Gasteiger partial charge in [-0.15, -0.1) is 0 Å². The predicted molar refractivity (Wildman–Crippen MR) is 208 cm³/mol. The van der Waals surface area contributed by atoms with Crippen LogP contribution in [0.1, 0.15) is 0 Å². The lowest BCUT2D eigenvalue weighted by molar-refractivity contribution is 0.669. The summed E-state index contributed by atoms with van der Waals surface area (Å²) in [5.74, 6) is 0. The maximum atomic E-state index is 6.57. The number of rotatable bonds is 4. The van der Waals surface area contributed by atoms with Gasteiger partial charge in [0.05, 0.1) is 0 Å². The SMILES string of the molecule is c1ccc(-c2ccc3c(c2)oc2cccc(-c4c5ccccc5c(-c5ccc(-c6cccc7ccccc67)cc5)c5ccccc45)c23)cc1. The molecule has 10 rings (SSSR count). The number of furan rings is 1. The molecule has 1 nitrogen and oxygen atoms in total. The van der Waals surface area contributed by atoms with Crippen LogP contribution in [0.2, 0.25) is 0 Å². The summed E-state index contributed by atoms with van der Waals surface area (Å²) in [6, 6.07) is 65.6. The number of hydrogen-bond acceptors (Lipinski definition) is 1. The maximum Gasteiger partial charge on any atom is 0.136 e. The van der Waals surface area contributed by atoms with Crippen molar-refractivity contribution < 1.29 is 4.42 Å². The van der Waals surface area contributed by atoms with Crippen LogP contribution in [0.25, 0.3) is 98.8 Å². The molecule has 49 heavy (non-hydrogen) atoms. The number of benzene rings is 9. The fourth-order valence-corrected chi connectivity index (χ4v) is 7.87. The summed E-state index contributed by atoms with van der Waals surface area (Å²) in [6.45, 7) is 0. The molecule has 1 heteroatoms. The van der Waals surface area contributed by atoms with Crippen LogP contribution < -0.4 is 0 Å². The molecular weight excluding hydrogens is 593 g/mol. The van der Waals surface area contributed by atoms with Gasteiger partial charge < -0.3 is 4.42 Å². The lowest BCUT2D eigenvalue weighted by Crippen LogP contribution is -1.91. The lowest BCUT2D eigenvalue weighted by atomic mass is 9.84. The predicted octanol–water partition coefficient (Wildman–Crippen LogP) is 13.7. The minimum atomic E-state index is 0.902. The van der Waals surface area contributed by atoms with E-state index < -0.39 is 0 Å². The van der Waals surface area contributed by atoms with Crippen molar-refractivity contribution in [3.05, 3.63) is 182 Å². The van der Waals surface area contributed by atoms with E-state index in [4.69, 9.17) is 4.42 Å². The van der Waals surface area contributed by atoms with Crippen LogP contribution in [-0.4, -0.2) is 0 Å². The second-order valence-corrected chi connectivity index (χ2v) is 12.8. The highest BCUT2D eigenvalue weighted by molar-refractivity contribution is 6.25. The van der Waals surface area contributed by atoms with E-state index in [1.54, 1.807) is 0 Å². The van der Waals surface area contributed by atoms with Gasteiger partial charge in [-0.05, 0) is 95.0 Å². The normalized spacial score (nSPS) is 11.7. The smallest absolute Gasteiger partial charge is 0.136 e. The van der Waals surface area contributed by atoms with Crippen molar-refractivity contribution >= 4 is 54.3 Å². The van der Waals surface area contributed by atoms with Gasteiger partial charge in [-0.25, -0.2) is 0 Å². The van der Waals surface area contributed by atoms with Crippen molar-refractivity contribution in [2.24, 2.45) is 0 Å². The van der Waals surface area contributed by atoms with E-state index in [2.05, 4.69) is 182 Å². The Morgan fingerprint density at radius 3 is 1.57 bits per heavy atom. The van der Waals surface area contributed by atoms with E-state index in [0.29, 0.717) is 0 Å². The highest BCUT2D eigenvalue weighted by atomic mass is 16.3. The summed E-state index contributed by atoms with van der Waals surface area (Å²) < 4.78 is 6.57. The highest BCUT2D eigenvalue weighted by Crippen LogP contribution is 2.47. The maximum absolute atomic E-state index is 6.57. The third-order valence-corrected chi connectivity index (χ3v) is 10.1. The van der Waals surface area contributed by atoms with Crippen molar-refractivity contribution in [2.75, 3.05) is 0 Å². The van der Waals surface area contributed by atoms with E-state index in [9.17, 15) is 0 Å². The first-order chi connectivity index (χ1) is 24.3. The first kappa shape index (κ1) is 27.7. The van der Waals surface area contributed by atoms with Gasteiger partial charge in [0, 0.05) is 10.8 Å². The minimum absolute atomic E-state index is 0.902. The Hall–Kier alpha value is -6.44. The van der Waals surface area contributed by atoms with Gasteiger partial charge in [-0.2, -0.15) is 0 Å². The van der Waals surface area contributed by atoms with Crippen molar-refractivity contribution in [3.8, 4) is 44.5 Å². The van der Waals surface area contributed by atoms with Crippen molar-refractivity contribution in [1.82, 2.24) is 0 Å². The van der Waals surface area contributed by atoms with Gasteiger partial charge in [0.15, 0.2) is 0 Å². The van der Waals surface area contributed by atoms with Crippen LogP contribution in [0.4, 0.5) is 0 Å². The van der Waals surface area contributed by atoms with E-state index >= 15 is 0 Å². The molecular formula is C48H30O. The van der Waals surface area contributed by atoms with Crippen LogP contribution in [0, 0.1) is 0 Å². The van der Waals surface area contributed by atoms with Gasteiger partial charge in [-0.1, -0.05) is 164 Å². The first-order valence-corrected chi connectivity index (χ1v) is 16.8. The molecule has 0 radical (unpaired) electrons. The van der Waals surface area contributed by atoms with Crippen LogP contribution in [0.5, 0.6) is 0 Å². The zero-order valence-electron chi connectivity index (χ0n) is 26.7. The van der Waals surface area contributed by atoms with Gasteiger partial charge in [0.25, 0.3) is 0 Å². The Balaban J connectivity index is 1.19. The van der Waals surface area contributed by atoms with E-state index in [1.165, 1.54) is 71.3 Å². The van der Waals surface area contributed by atoms with Crippen LogP contribution in [0.15, 0.2) is 186 Å². The zero-order chi connectivity index (χ0) is 32.3. The zero-order valence-corrected chi connectivity index (χ0v) is 26.7. The summed E-state index contributed by atoms with van der Waals surface area (Å²) in [5, 5.41) is 9.76. The third kappa shape index (κ3) is 4.40. The number of fused-ring (bicyclic) bond motifs is 6. The van der Waals surface area contributed by atoms with Gasteiger partial charge in [0.2, 0.25) is 0 Å². The molecule has 0 saturated heterocycles. The summed E-state index contributed by atoms with van der Waals surface area (Å²) in [4.78, 5) is 0. The van der Waals surface area contributed by atoms with Crippen molar-refractivity contribution in [3.63, 3.8) is 0 Å². The Morgan fingerprint density at radius 2 is 0.837 bits per heavy atom. The van der Waals surface area contributed by atoms with Crippen molar-refractivity contribution in [2.45, 2.75) is 0 Å². The molecule has 1 heterocycles. The van der Waals surface area contributed by atoms with Crippen LogP contribution in [-0.2, 0) is 0 Å². The monoisotopic (exact) mass is 622 g/mol. The second-order valence-electron chi connectivity index (χ2n) is 12.8. The van der Waals surface area contributed by atoms with Gasteiger partial charge in [0.1, 0.15) is 11.2 Å². The first-order valence-electron chi connectivity index (χ1n) is 16.8. The fraction of sp³-hybridized carbons (Fsp3) is 0. The molecule has 10 aromatic rings. The Kier molecular flexibility index (Phi) is 6.25. The molecule has 0 spiro atoms. The van der Waals surface area contributed by atoms with Crippen LogP contribution in [0.3, 0.4) is 0 Å². The molecule has 0 saturated carbocycles. The molecule has 1 aromatic heterocycles. The number of hydrogen-bond donors (Lipinski definition) is 0. The standard InChI is InChI=1S/C48H30O/c1-2-12-31(13-3-1)35-28-29-42-45(30-35)49-44-23-11-22-43(48(42)44)47-40-19-8-6-17-38(40)46(39-18-7-9-20-41(39)47)34-26-24-33(25-27-34)37-21-10-15-32-14-4-5-16-36(32)37/h1-30H. The molecule has 0 aliphatic rings. The van der Waals surface area contributed by atoms with Gasteiger partial charge in [-0.3, -0.25) is 0 Å². The third-order valence-electron chi connectivity index (χ3n) is 10.1. The molecule has 0 fully saturated rings. The quantitative estimate of drug-likeness (QED) is 0.178. The average molecular weight is 623 g/mol. The second kappa shape index (κ2) is 11.1. The lowest BCUT2D eigenvalue weighted by Gasteiger charge is -2.18. The average Bonchev–Trinajstić information content (AvgIpc) is 3.56. The van der Waals surface area contributed by atoms with Gasteiger partial charge >= 0.3 is 0 Å². The molecule has 9 aromatic carbocycles. The van der Waals surface area contributed by atoms with Crippen molar-refractivity contribution in [1.29, 1.82) is 0 Å².